The van der Waals surface area contributed by atoms with Gasteiger partial charge in [-0.15, -0.1) is 13.2 Å². The van der Waals surface area contributed by atoms with Gasteiger partial charge in [0.05, 0.1) is 29.3 Å². The molecule has 0 radical (unpaired) electrons. The van der Waals surface area contributed by atoms with Crippen LogP contribution in [0.25, 0.3) is 10.9 Å². The minimum absolute atomic E-state index is 0.0524. The predicted octanol–water partition coefficient (Wildman–Crippen LogP) is 2.95. The molecule has 2 aromatic heterocycles. The topological polar surface area (TPSA) is 91.0 Å². The Bertz CT molecular complexity index is 1100. The van der Waals surface area contributed by atoms with Crippen LogP contribution in [0.3, 0.4) is 0 Å². The Morgan fingerprint density at radius 2 is 1.80 bits per heavy atom. The summed E-state index contributed by atoms with van der Waals surface area (Å²) in [6.45, 7) is 5.22. The lowest BCUT2D eigenvalue weighted by atomic mass is 10.1. The van der Waals surface area contributed by atoms with E-state index in [1.165, 1.54) is 24.5 Å². The van der Waals surface area contributed by atoms with E-state index in [1.807, 2.05) is 13.8 Å². The van der Waals surface area contributed by atoms with E-state index in [0.29, 0.717) is 16.5 Å². The Morgan fingerprint density at radius 3 is 2.40 bits per heavy atom. The number of ether oxygens (including phenoxy) is 1. The quantitative estimate of drug-likeness (QED) is 0.658. The van der Waals surface area contributed by atoms with E-state index < -0.39 is 23.9 Å². The maximum Gasteiger partial charge on any atom is 0.573 e. The second-order valence-corrected chi connectivity index (χ2v) is 7.00. The number of rotatable bonds is 6. The molecule has 0 saturated carbocycles. The molecular formula is C19H20F3N5O3. The SMILES string of the molecule is CC(NC(=O)Cn1ncc2c(cnn2C(C)C)c1=O)c1ccc(OC(F)(F)F)cc1. The highest BCUT2D eigenvalue weighted by molar-refractivity contribution is 5.78. The first kappa shape index (κ1) is 21.3. The molecular weight excluding hydrogens is 403 g/mol. The van der Waals surface area contributed by atoms with Crippen LogP contribution in [-0.2, 0) is 11.3 Å². The Labute approximate surface area is 169 Å². The van der Waals surface area contributed by atoms with E-state index in [4.69, 9.17) is 0 Å². The Balaban J connectivity index is 1.68. The summed E-state index contributed by atoms with van der Waals surface area (Å²) < 4.78 is 43.2. The zero-order valence-electron chi connectivity index (χ0n) is 16.5. The van der Waals surface area contributed by atoms with E-state index in [2.05, 4.69) is 20.3 Å². The third kappa shape index (κ3) is 4.78. The lowest BCUT2D eigenvalue weighted by molar-refractivity contribution is -0.274. The van der Waals surface area contributed by atoms with Crippen molar-refractivity contribution in [3.05, 3.63) is 52.6 Å². The number of nitrogens with one attached hydrogen (secondary N) is 1. The minimum atomic E-state index is -4.77. The summed E-state index contributed by atoms with van der Waals surface area (Å²) in [6.07, 6.45) is -1.84. The number of hydrogen-bond acceptors (Lipinski definition) is 5. The van der Waals surface area contributed by atoms with Gasteiger partial charge in [-0.2, -0.15) is 10.2 Å². The highest BCUT2D eigenvalue weighted by Gasteiger charge is 2.31. The standard InChI is InChI=1S/C19H20F3N5O3/c1-11(2)27-16-9-23-26(18(29)15(16)8-24-27)10-17(28)25-12(3)13-4-6-14(7-5-13)30-19(20,21)22/h4-9,11-12H,10H2,1-3H3,(H,25,28). The first-order valence-corrected chi connectivity index (χ1v) is 9.13. The molecule has 2 heterocycles. The molecule has 0 bridgehead atoms. The number of carbonyl (C=O) groups excluding carboxylic acids is 1. The van der Waals surface area contributed by atoms with Crippen LogP contribution in [-0.4, -0.2) is 31.8 Å². The molecule has 8 nitrogen and oxygen atoms in total. The highest BCUT2D eigenvalue weighted by atomic mass is 19.4. The van der Waals surface area contributed by atoms with Crippen molar-refractivity contribution in [1.82, 2.24) is 24.9 Å². The van der Waals surface area contributed by atoms with Crippen molar-refractivity contribution >= 4 is 16.8 Å². The van der Waals surface area contributed by atoms with Crippen molar-refractivity contribution in [3.63, 3.8) is 0 Å². The molecule has 0 saturated heterocycles. The number of aromatic nitrogens is 4. The molecule has 1 N–H and O–H groups in total. The molecule has 1 atom stereocenters. The summed E-state index contributed by atoms with van der Waals surface area (Å²) in [5.74, 6) is -0.820. The number of halogens is 3. The number of carbonyl (C=O) groups is 1. The Hall–Kier alpha value is -3.37. The number of alkyl halides is 3. The predicted molar refractivity (Wildman–Crippen MR) is 102 cm³/mol. The minimum Gasteiger partial charge on any atom is -0.406 e. The van der Waals surface area contributed by atoms with Crippen molar-refractivity contribution in [2.75, 3.05) is 0 Å². The lowest BCUT2D eigenvalue weighted by Gasteiger charge is -2.16. The van der Waals surface area contributed by atoms with E-state index in [1.54, 1.807) is 11.6 Å². The molecule has 3 rings (SSSR count). The fraction of sp³-hybridized carbons (Fsp3) is 0.368. The summed E-state index contributed by atoms with van der Waals surface area (Å²) >= 11 is 0. The summed E-state index contributed by atoms with van der Waals surface area (Å²) in [7, 11) is 0. The Kier molecular flexibility index (Phi) is 5.81. The third-order valence-electron chi connectivity index (χ3n) is 4.39. The van der Waals surface area contributed by atoms with Crippen LogP contribution >= 0.6 is 0 Å². The monoisotopic (exact) mass is 423 g/mol. The first-order valence-electron chi connectivity index (χ1n) is 9.13. The maximum absolute atomic E-state index is 12.6. The van der Waals surface area contributed by atoms with Gasteiger partial charge in [-0.25, -0.2) is 4.68 Å². The van der Waals surface area contributed by atoms with Crippen LogP contribution in [0.1, 0.15) is 38.4 Å². The van der Waals surface area contributed by atoms with Crippen LogP contribution in [0.4, 0.5) is 13.2 Å². The van der Waals surface area contributed by atoms with E-state index in [-0.39, 0.29) is 18.3 Å². The van der Waals surface area contributed by atoms with Gasteiger partial charge in [0, 0.05) is 6.04 Å². The molecule has 11 heteroatoms. The molecule has 0 aliphatic rings. The number of nitrogens with zero attached hydrogens (tertiary/aromatic N) is 4. The fourth-order valence-corrected chi connectivity index (χ4v) is 2.97. The molecule has 3 aromatic rings. The number of benzene rings is 1. The molecule has 0 aliphatic heterocycles. The van der Waals surface area contributed by atoms with Gasteiger partial charge in [0.15, 0.2) is 0 Å². The molecule has 0 aliphatic carbocycles. The molecule has 1 aromatic carbocycles. The molecule has 0 fully saturated rings. The molecule has 1 unspecified atom stereocenters. The average molecular weight is 423 g/mol. The molecule has 30 heavy (non-hydrogen) atoms. The molecule has 0 spiro atoms. The highest BCUT2D eigenvalue weighted by Crippen LogP contribution is 2.24. The van der Waals surface area contributed by atoms with Gasteiger partial charge < -0.3 is 10.1 Å². The smallest absolute Gasteiger partial charge is 0.406 e. The van der Waals surface area contributed by atoms with E-state index in [0.717, 1.165) is 16.8 Å². The van der Waals surface area contributed by atoms with Crippen molar-refractivity contribution in [1.29, 1.82) is 0 Å². The van der Waals surface area contributed by atoms with Crippen molar-refractivity contribution in [2.24, 2.45) is 0 Å². The van der Waals surface area contributed by atoms with Gasteiger partial charge in [-0.05, 0) is 38.5 Å². The zero-order chi connectivity index (χ0) is 22.1. The van der Waals surface area contributed by atoms with Crippen molar-refractivity contribution < 1.29 is 22.7 Å². The summed E-state index contributed by atoms with van der Waals surface area (Å²) in [5, 5.41) is 11.3. The van der Waals surface area contributed by atoms with Gasteiger partial charge in [-0.3, -0.25) is 14.3 Å². The van der Waals surface area contributed by atoms with Crippen LogP contribution in [0, 0.1) is 0 Å². The average Bonchev–Trinajstić information content (AvgIpc) is 3.08. The van der Waals surface area contributed by atoms with Crippen molar-refractivity contribution in [3.8, 4) is 5.75 Å². The summed E-state index contributed by atoms with van der Waals surface area (Å²) in [5.41, 5.74) is 0.726. The van der Waals surface area contributed by atoms with Crippen LogP contribution in [0.15, 0.2) is 41.5 Å². The number of hydrogen-bond donors (Lipinski definition) is 1. The van der Waals surface area contributed by atoms with Crippen molar-refractivity contribution in [2.45, 2.75) is 45.8 Å². The normalized spacial score (nSPS) is 12.9. The Morgan fingerprint density at radius 1 is 1.13 bits per heavy atom. The summed E-state index contributed by atoms with van der Waals surface area (Å²) in [4.78, 5) is 24.9. The van der Waals surface area contributed by atoms with Crippen LogP contribution < -0.4 is 15.6 Å². The largest absolute Gasteiger partial charge is 0.573 e. The van der Waals surface area contributed by atoms with Gasteiger partial charge in [-0.1, -0.05) is 12.1 Å². The number of fused-ring (bicyclic) bond motifs is 1. The zero-order valence-corrected chi connectivity index (χ0v) is 16.5. The number of amides is 1. The fourth-order valence-electron chi connectivity index (χ4n) is 2.97. The summed E-state index contributed by atoms with van der Waals surface area (Å²) in [6, 6.07) is 4.72. The first-order chi connectivity index (χ1) is 14.0. The second kappa shape index (κ2) is 8.17. The second-order valence-electron chi connectivity index (χ2n) is 7.00. The van der Waals surface area contributed by atoms with Crippen LogP contribution in [0.5, 0.6) is 5.75 Å². The van der Waals surface area contributed by atoms with Gasteiger partial charge >= 0.3 is 6.36 Å². The van der Waals surface area contributed by atoms with Gasteiger partial charge in [0.25, 0.3) is 5.56 Å². The third-order valence-corrected chi connectivity index (χ3v) is 4.39. The van der Waals surface area contributed by atoms with E-state index >= 15 is 0 Å². The van der Waals surface area contributed by atoms with E-state index in [9.17, 15) is 22.8 Å². The molecule has 160 valence electrons. The maximum atomic E-state index is 12.6. The van der Waals surface area contributed by atoms with Gasteiger partial charge in [0.2, 0.25) is 5.91 Å². The lowest BCUT2D eigenvalue weighted by Crippen LogP contribution is -2.34. The molecule has 1 amide bonds. The van der Waals surface area contributed by atoms with Gasteiger partial charge in [0.1, 0.15) is 12.3 Å². The van der Waals surface area contributed by atoms with Crippen LogP contribution in [0.2, 0.25) is 0 Å².